The van der Waals surface area contributed by atoms with Crippen LogP contribution in [0.2, 0.25) is 0 Å². The second-order valence-electron chi connectivity index (χ2n) is 7.88. The first kappa shape index (κ1) is 19.0. The quantitative estimate of drug-likeness (QED) is 0.784. The van der Waals surface area contributed by atoms with Crippen LogP contribution in [0.1, 0.15) is 33.6 Å². The number of amides is 1. The molecule has 2 aromatic rings. The van der Waals surface area contributed by atoms with E-state index < -0.39 is 16.8 Å². The Morgan fingerprint density at radius 3 is 2.15 bits per heavy atom. The van der Waals surface area contributed by atoms with Crippen LogP contribution >= 0.6 is 0 Å². The van der Waals surface area contributed by atoms with Crippen molar-refractivity contribution in [2.45, 2.75) is 33.6 Å². The van der Waals surface area contributed by atoms with Crippen molar-refractivity contribution in [2.24, 2.45) is 16.7 Å². The summed E-state index contributed by atoms with van der Waals surface area (Å²) >= 11 is 0. The van der Waals surface area contributed by atoms with Crippen molar-refractivity contribution in [2.75, 3.05) is 5.32 Å². The van der Waals surface area contributed by atoms with E-state index in [4.69, 9.17) is 4.74 Å². The minimum absolute atomic E-state index is 0.137. The largest absolute Gasteiger partial charge is 0.481 e. The minimum Gasteiger partial charge on any atom is -0.481 e. The molecule has 0 heterocycles. The van der Waals surface area contributed by atoms with Crippen LogP contribution in [0.3, 0.4) is 0 Å². The van der Waals surface area contributed by atoms with Gasteiger partial charge >= 0.3 is 5.97 Å². The van der Waals surface area contributed by atoms with Crippen molar-refractivity contribution in [3.63, 3.8) is 0 Å². The molecule has 3 rings (SSSR count). The Balaban J connectivity index is 1.67. The molecule has 0 radical (unpaired) electrons. The molecule has 0 unspecified atom stereocenters. The van der Waals surface area contributed by atoms with Gasteiger partial charge in [-0.05, 0) is 61.6 Å². The number of nitrogens with one attached hydrogen (secondary N) is 1. The van der Waals surface area contributed by atoms with Crippen LogP contribution in [-0.4, -0.2) is 17.0 Å². The van der Waals surface area contributed by atoms with Gasteiger partial charge in [-0.1, -0.05) is 32.0 Å². The highest BCUT2D eigenvalue weighted by Gasteiger charge is 2.58. The third-order valence-electron chi connectivity index (χ3n) is 6.12. The average Bonchev–Trinajstić information content (AvgIpc) is 2.88. The van der Waals surface area contributed by atoms with E-state index in [1.165, 1.54) is 0 Å². The lowest BCUT2D eigenvalue weighted by Gasteiger charge is -2.37. The third kappa shape index (κ3) is 3.54. The predicted molar refractivity (Wildman–Crippen MR) is 104 cm³/mol. The smallest absolute Gasteiger partial charge is 0.309 e. The summed E-state index contributed by atoms with van der Waals surface area (Å²) in [5.41, 5.74) is -0.859. The van der Waals surface area contributed by atoms with Gasteiger partial charge in [0.2, 0.25) is 5.91 Å². The highest BCUT2D eigenvalue weighted by Crippen LogP contribution is 2.56. The molecule has 27 heavy (non-hydrogen) atoms. The highest BCUT2D eigenvalue weighted by molar-refractivity contribution is 5.94. The van der Waals surface area contributed by atoms with E-state index >= 15 is 0 Å². The molecule has 1 saturated carbocycles. The molecular weight excluding hydrogens is 342 g/mol. The number of ether oxygens (including phenoxy) is 1. The van der Waals surface area contributed by atoms with E-state index in [2.05, 4.69) is 5.32 Å². The van der Waals surface area contributed by atoms with Gasteiger partial charge in [0.25, 0.3) is 0 Å². The summed E-state index contributed by atoms with van der Waals surface area (Å²) in [6.45, 7) is 5.47. The Morgan fingerprint density at radius 2 is 1.59 bits per heavy atom. The standard InChI is InChI=1S/C22H25NO4/c1-21(2)18(13-14-22(21,3)20(25)26)19(24)23-15-9-11-17(12-10-15)27-16-7-5-4-6-8-16/h4-12,18H,13-14H2,1-3H3,(H,23,24)(H,25,26)/t18-,22-/m0/s1. The topological polar surface area (TPSA) is 75.6 Å². The van der Waals surface area contributed by atoms with E-state index in [0.717, 1.165) is 5.75 Å². The Hall–Kier alpha value is -2.82. The van der Waals surface area contributed by atoms with Crippen LogP contribution in [0.5, 0.6) is 11.5 Å². The number of carbonyl (C=O) groups excluding carboxylic acids is 1. The molecule has 142 valence electrons. The maximum absolute atomic E-state index is 12.8. The molecule has 0 bridgehead atoms. The summed E-state index contributed by atoms with van der Waals surface area (Å²) < 4.78 is 5.75. The van der Waals surface area contributed by atoms with Crippen molar-refractivity contribution >= 4 is 17.6 Å². The summed E-state index contributed by atoms with van der Waals surface area (Å²) in [5.74, 6) is 0.0968. The van der Waals surface area contributed by atoms with Crippen molar-refractivity contribution in [1.82, 2.24) is 0 Å². The van der Waals surface area contributed by atoms with E-state index in [1.54, 1.807) is 31.2 Å². The maximum atomic E-state index is 12.8. The lowest BCUT2D eigenvalue weighted by molar-refractivity contribution is -0.154. The number of para-hydroxylation sites is 1. The van der Waals surface area contributed by atoms with Gasteiger partial charge in [-0.25, -0.2) is 0 Å². The summed E-state index contributed by atoms with van der Waals surface area (Å²) in [6.07, 6.45) is 1.06. The molecule has 0 spiro atoms. The molecule has 0 aromatic heterocycles. The second kappa shape index (κ2) is 7.06. The van der Waals surface area contributed by atoms with Crippen molar-refractivity contribution in [3.05, 3.63) is 54.6 Å². The fourth-order valence-electron chi connectivity index (χ4n) is 3.80. The average molecular weight is 367 g/mol. The SMILES string of the molecule is CC1(C)[C@H](C(=O)Nc2ccc(Oc3ccccc3)cc2)CC[C@@]1(C)C(=O)O. The van der Waals surface area contributed by atoms with Gasteiger partial charge in [0.1, 0.15) is 11.5 Å². The normalized spacial score (nSPS) is 23.6. The van der Waals surface area contributed by atoms with Crippen LogP contribution in [0.25, 0.3) is 0 Å². The molecule has 1 amide bonds. The van der Waals surface area contributed by atoms with Crippen molar-refractivity contribution in [3.8, 4) is 11.5 Å². The van der Waals surface area contributed by atoms with Crippen LogP contribution in [0, 0.1) is 16.7 Å². The lowest BCUT2D eigenvalue weighted by atomic mass is 9.65. The number of hydrogen-bond donors (Lipinski definition) is 2. The third-order valence-corrected chi connectivity index (χ3v) is 6.12. The molecule has 2 aromatic carbocycles. The summed E-state index contributed by atoms with van der Waals surface area (Å²) in [4.78, 5) is 24.5. The van der Waals surface area contributed by atoms with Gasteiger partial charge in [0, 0.05) is 11.6 Å². The Kier molecular flexibility index (Phi) is 4.96. The Morgan fingerprint density at radius 1 is 1.00 bits per heavy atom. The van der Waals surface area contributed by atoms with Gasteiger partial charge in [0.05, 0.1) is 5.41 Å². The lowest BCUT2D eigenvalue weighted by Crippen LogP contribution is -2.43. The number of anilines is 1. The maximum Gasteiger partial charge on any atom is 0.309 e. The number of aliphatic carboxylic acids is 1. The molecule has 0 aliphatic heterocycles. The van der Waals surface area contributed by atoms with Crippen LogP contribution < -0.4 is 10.1 Å². The van der Waals surface area contributed by atoms with Crippen LogP contribution in [0.4, 0.5) is 5.69 Å². The first-order valence-corrected chi connectivity index (χ1v) is 9.11. The fraction of sp³-hybridized carbons (Fsp3) is 0.364. The molecule has 1 fully saturated rings. The first-order valence-electron chi connectivity index (χ1n) is 9.11. The molecular formula is C22H25NO4. The zero-order valence-corrected chi connectivity index (χ0v) is 15.9. The van der Waals surface area contributed by atoms with Gasteiger partial charge in [0.15, 0.2) is 0 Å². The summed E-state index contributed by atoms with van der Waals surface area (Å²) in [5, 5.41) is 12.5. The number of rotatable bonds is 5. The Bertz CT molecular complexity index is 829. The molecule has 5 heteroatoms. The number of benzene rings is 2. The summed E-state index contributed by atoms with van der Waals surface area (Å²) in [6, 6.07) is 16.6. The van der Waals surface area contributed by atoms with Gasteiger partial charge < -0.3 is 15.2 Å². The van der Waals surface area contributed by atoms with E-state index in [0.29, 0.717) is 24.3 Å². The number of carbonyl (C=O) groups is 2. The minimum atomic E-state index is -0.900. The van der Waals surface area contributed by atoms with Crippen LogP contribution in [0.15, 0.2) is 54.6 Å². The number of carboxylic acid groups (broad SMARTS) is 1. The van der Waals surface area contributed by atoms with Crippen molar-refractivity contribution < 1.29 is 19.4 Å². The van der Waals surface area contributed by atoms with E-state index in [1.807, 2.05) is 44.2 Å². The first-order chi connectivity index (χ1) is 12.7. The molecule has 5 nitrogen and oxygen atoms in total. The molecule has 1 aliphatic carbocycles. The van der Waals surface area contributed by atoms with Crippen molar-refractivity contribution in [1.29, 1.82) is 0 Å². The highest BCUT2D eigenvalue weighted by atomic mass is 16.5. The van der Waals surface area contributed by atoms with E-state index in [9.17, 15) is 14.7 Å². The summed E-state index contributed by atoms with van der Waals surface area (Å²) in [7, 11) is 0. The van der Waals surface area contributed by atoms with E-state index in [-0.39, 0.29) is 11.8 Å². The number of carboxylic acids is 1. The van der Waals surface area contributed by atoms with Crippen LogP contribution in [-0.2, 0) is 9.59 Å². The second-order valence-corrected chi connectivity index (χ2v) is 7.88. The predicted octanol–water partition coefficient (Wildman–Crippen LogP) is 4.94. The monoisotopic (exact) mass is 367 g/mol. The van der Waals surface area contributed by atoms with Gasteiger partial charge in [-0.3, -0.25) is 9.59 Å². The van der Waals surface area contributed by atoms with Gasteiger partial charge in [-0.2, -0.15) is 0 Å². The molecule has 0 saturated heterocycles. The molecule has 2 N–H and O–H groups in total. The zero-order chi connectivity index (χ0) is 19.7. The zero-order valence-electron chi connectivity index (χ0n) is 15.9. The molecule has 2 atom stereocenters. The Labute approximate surface area is 159 Å². The fourth-order valence-corrected chi connectivity index (χ4v) is 3.80. The molecule has 1 aliphatic rings. The number of hydrogen-bond acceptors (Lipinski definition) is 3. The van der Waals surface area contributed by atoms with Gasteiger partial charge in [-0.15, -0.1) is 0 Å².